The molecule has 126 valence electrons. The van der Waals surface area contributed by atoms with E-state index < -0.39 is 0 Å². The van der Waals surface area contributed by atoms with E-state index in [1.54, 1.807) is 6.07 Å². The van der Waals surface area contributed by atoms with Gasteiger partial charge in [0.05, 0.1) is 27.5 Å². The van der Waals surface area contributed by atoms with E-state index >= 15 is 0 Å². The summed E-state index contributed by atoms with van der Waals surface area (Å²) in [7, 11) is 0. The minimum atomic E-state index is 0.140. The fourth-order valence-corrected chi connectivity index (χ4v) is 3.67. The maximum Gasteiger partial charge on any atom is 0.229 e. The third-order valence-corrected chi connectivity index (χ3v) is 5.10. The molecule has 1 aromatic heterocycles. The summed E-state index contributed by atoms with van der Waals surface area (Å²) in [6, 6.07) is 12.9. The van der Waals surface area contributed by atoms with E-state index in [1.165, 1.54) is 0 Å². The molecule has 0 radical (unpaired) electrons. The van der Waals surface area contributed by atoms with Crippen LogP contribution in [0.15, 0.2) is 42.5 Å². The van der Waals surface area contributed by atoms with E-state index in [2.05, 4.69) is 4.98 Å². The Bertz CT molecular complexity index is 1040. The summed E-state index contributed by atoms with van der Waals surface area (Å²) >= 11 is 12.6. The van der Waals surface area contributed by atoms with Crippen molar-refractivity contribution in [2.75, 3.05) is 0 Å². The molecule has 0 bridgehead atoms. The van der Waals surface area contributed by atoms with Crippen LogP contribution in [0.2, 0.25) is 10.0 Å². The number of halogens is 2. The first-order valence-corrected chi connectivity index (χ1v) is 8.64. The van der Waals surface area contributed by atoms with E-state index in [1.807, 2.05) is 54.8 Å². The van der Waals surface area contributed by atoms with Crippen molar-refractivity contribution in [1.82, 2.24) is 9.55 Å². The second-order valence-electron chi connectivity index (χ2n) is 6.06. The largest absolute Gasteiger partial charge is 0.623 e. The van der Waals surface area contributed by atoms with Crippen molar-refractivity contribution >= 4 is 28.9 Å². The molecule has 2 heterocycles. The van der Waals surface area contributed by atoms with Gasteiger partial charge in [-0.3, -0.25) is 4.57 Å². The molecule has 0 aliphatic carbocycles. The lowest BCUT2D eigenvalue weighted by Crippen LogP contribution is -2.18. The van der Waals surface area contributed by atoms with Crippen LogP contribution in [-0.2, 0) is 6.54 Å². The van der Waals surface area contributed by atoms with Crippen LogP contribution in [0, 0.1) is 19.1 Å². The summed E-state index contributed by atoms with van der Waals surface area (Å²) in [4.78, 5) is 4.57. The number of nitrogens with zero attached hydrogens (tertiary/aromatic N) is 3. The lowest BCUT2D eigenvalue weighted by Gasteiger charge is -2.13. The van der Waals surface area contributed by atoms with Crippen LogP contribution in [0.25, 0.3) is 5.69 Å². The highest BCUT2D eigenvalue weighted by Gasteiger charge is 2.29. The first-order chi connectivity index (χ1) is 12.0. The van der Waals surface area contributed by atoms with Gasteiger partial charge in [0.15, 0.2) is 5.82 Å². The monoisotopic (exact) mass is 371 g/mol. The van der Waals surface area contributed by atoms with Gasteiger partial charge in [-0.05, 0) is 44.2 Å². The Morgan fingerprint density at radius 3 is 2.60 bits per heavy atom. The topological polar surface area (TPSA) is 43.9 Å². The Kier molecular flexibility index (Phi) is 3.82. The van der Waals surface area contributed by atoms with Crippen molar-refractivity contribution in [2.45, 2.75) is 20.4 Å². The number of imidazole rings is 1. The van der Waals surface area contributed by atoms with Crippen molar-refractivity contribution in [2.24, 2.45) is 0 Å². The molecule has 1 aliphatic heterocycles. The predicted molar refractivity (Wildman–Crippen MR) is 100 cm³/mol. The number of benzene rings is 2. The van der Waals surface area contributed by atoms with Gasteiger partial charge in [-0.1, -0.05) is 35.3 Å². The molecule has 0 fully saturated rings. The molecular weight excluding hydrogens is 357 g/mol. The first-order valence-electron chi connectivity index (χ1n) is 7.89. The Balaban J connectivity index is 2.10. The summed E-state index contributed by atoms with van der Waals surface area (Å²) in [6.45, 7) is 4.09. The normalized spacial score (nSPS) is 13.4. The standard InChI is InChI=1S/C19H15Cl2N3O/c1-11-12(2)24-17-8-7-13(20)9-15(17)19(23(25)10-18(24)22-11)14-5-3-4-6-16(14)21/h3-9H,10H2,1-2H3. The molecule has 0 saturated heterocycles. The van der Waals surface area contributed by atoms with Gasteiger partial charge in [0.25, 0.3) is 0 Å². The molecule has 0 saturated carbocycles. The molecule has 0 spiro atoms. The minimum absolute atomic E-state index is 0.140. The summed E-state index contributed by atoms with van der Waals surface area (Å²) < 4.78 is 2.97. The molecule has 4 nitrogen and oxygen atoms in total. The van der Waals surface area contributed by atoms with Crippen molar-refractivity contribution in [3.63, 3.8) is 0 Å². The Labute approximate surface area is 155 Å². The highest BCUT2D eigenvalue weighted by atomic mass is 35.5. The lowest BCUT2D eigenvalue weighted by molar-refractivity contribution is -0.475. The highest BCUT2D eigenvalue weighted by molar-refractivity contribution is 6.35. The SMILES string of the molecule is Cc1nc2n(c1C)-c1ccc(Cl)cc1C(c1ccccc1Cl)=[N+]([O-])C2. The number of rotatable bonds is 1. The molecule has 1 aliphatic rings. The van der Waals surface area contributed by atoms with Gasteiger partial charge in [0, 0.05) is 10.7 Å². The van der Waals surface area contributed by atoms with Crippen molar-refractivity contribution < 1.29 is 4.74 Å². The zero-order chi connectivity index (χ0) is 17.7. The number of aromatic nitrogens is 2. The highest BCUT2D eigenvalue weighted by Crippen LogP contribution is 2.31. The van der Waals surface area contributed by atoms with E-state index in [4.69, 9.17) is 23.2 Å². The lowest BCUT2D eigenvalue weighted by atomic mass is 10.00. The second-order valence-corrected chi connectivity index (χ2v) is 6.90. The minimum Gasteiger partial charge on any atom is -0.623 e. The number of hydrogen-bond acceptors (Lipinski definition) is 2. The molecule has 25 heavy (non-hydrogen) atoms. The molecule has 4 rings (SSSR count). The fraction of sp³-hybridized carbons (Fsp3) is 0.158. The van der Waals surface area contributed by atoms with Crippen molar-refractivity contribution in [3.05, 3.63) is 86.1 Å². The summed E-state index contributed by atoms with van der Waals surface area (Å²) in [5, 5.41) is 14.1. The second kappa shape index (κ2) is 5.90. The maximum absolute atomic E-state index is 13.0. The van der Waals surface area contributed by atoms with Crippen LogP contribution in [0.1, 0.15) is 28.3 Å². The Morgan fingerprint density at radius 2 is 1.84 bits per heavy atom. The van der Waals surface area contributed by atoms with Gasteiger partial charge in [-0.15, -0.1) is 0 Å². The smallest absolute Gasteiger partial charge is 0.229 e. The Hall–Kier alpha value is -2.30. The molecular formula is C19H15Cl2N3O. The van der Waals surface area contributed by atoms with Gasteiger partial charge in [-0.25, -0.2) is 4.98 Å². The zero-order valence-corrected chi connectivity index (χ0v) is 15.3. The first kappa shape index (κ1) is 16.2. The van der Waals surface area contributed by atoms with Crippen molar-refractivity contribution in [3.8, 4) is 5.69 Å². The molecule has 6 heteroatoms. The number of hydrogen-bond donors (Lipinski definition) is 0. The third-order valence-electron chi connectivity index (χ3n) is 4.53. The van der Waals surface area contributed by atoms with Crippen LogP contribution in [0.5, 0.6) is 0 Å². The zero-order valence-electron chi connectivity index (χ0n) is 13.8. The summed E-state index contributed by atoms with van der Waals surface area (Å²) in [5.41, 5.74) is 4.73. The fourth-order valence-electron chi connectivity index (χ4n) is 3.27. The molecule has 2 aromatic carbocycles. The average molecular weight is 372 g/mol. The third kappa shape index (κ3) is 2.53. The summed E-state index contributed by atoms with van der Waals surface area (Å²) in [6.07, 6.45) is 0. The molecule has 0 atom stereocenters. The van der Waals surface area contributed by atoms with Gasteiger partial charge in [-0.2, -0.15) is 4.74 Å². The van der Waals surface area contributed by atoms with E-state index in [-0.39, 0.29) is 6.54 Å². The average Bonchev–Trinajstić information content (AvgIpc) is 2.78. The Morgan fingerprint density at radius 1 is 1.08 bits per heavy atom. The molecule has 0 amide bonds. The van der Waals surface area contributed by atoms with Crippen molar-refractivity contribution in [1.29, 1.82) is 0 Å². The van der Waals surface area contributed by atoms with E-state index in [9.17, 15) is 5.21 Å². The van der Waals surface area contributed by atoms with Gasteiger partial charge >= 0.3 is 0 Å². The number of aryl methyl sites for hydroxylation is 1. The van der Waals surface area contributed by atoms with Gasteiger partial charge < -0.3 is 5.21 Å². The van der Waals surface area contributed by atoms with Crippen LogP contribution in [0.4, 0.5) is 0 Å². The molecule has 0 N–H and O–H groups in total. The number of hydroxylamine groups is 1. The molecule has 3 aromatic rings. The predicted octanol–water partition coefficient (Wildman–Crippen LogP) is 4.66. The van der Waals surface area contributed by atoms with Crippen LogP contribution >= 0.6 is 23.2 Å². The summed E-state index contributed by atoms with van der Waals surface area (Å²) in [5.74, 6) is 0.704. The van der Waals surface area contributed by atoms with Crippen LogP contribution in [0.3, 0.4) is 0 Å². The maximum atomic E-state index is 13.0. The quantitative estimate of drug-likeness (QED) is 0.461. The number of fused-ring (bicyclic) bond motifs is 3. The van der Waals surface area contributed by atoms with Crippen LogP contribution in [-0.4, -0.2) is 20.0 Å². The van der Waals surface area contributed by atoms with Gasteiger partial charge in [0.2, 0.25) is 12.3 Å². The van der Waals surface area contributed by atoms with E-state index in [0.717, 1.165) is 27.4 Å². The molecule has 0 unspecified atom stereocenters. The van der Waals surface area contributed by atoms with E-state index in [0.29, 0.717) is 27.1 Å². The van der Waals surface area contributed by atoms with Gasteiger partial charge in [0.1, 0.15) is 0 Å². The van der Waals surface area contributed by atoms with Crippen LogP contribution < -0.4 is 0 Å².